The molecule has 1 aromatic heterocycles. The van der Waals surface area contributed by atoms with Crippen molar-refractivity contribution in [3.63, 3.8) is 0 Å². The van der Waals surface area contributed by atoms with Crippen molar-refractivity contribution in [1.29, 1.82) is 0 Å². The fourth-order valence-corrected chi connectivity index (χ4v) is 3.82. The van der Waals surface area contributed by atoms with Gasteiger partial charge in [0.15, 0.2) is 0 Å². The quantitative estimate of drug-likeness (QED) is 0.691. The first-order valence-electron chi connectivity index (χ1n) is 6.90. The van der Waals surface area contributed by atoms with Crippen molar-refractivity contribution in [3.05, 3.63) is 56.4 Å². The molecule has 0 fully saturated rings. The molecule has 4 heteroatoms. The van der Waals surface area contributed by atoms with Crippen LogP contribution in [0.5, 0.6) is 0 Å². The highest BCUT2D eigenvalue weighted by molar-refractivity contribution is 9.11. The Balaban J connectivity index is 2.13. The van der Waals surface area contributed by atoms with Crippen LogP contribution in [0.2, 0.25) is 0 Å². The molecule has 0 aliphatic carbocycles. The summed E-state index contributed by atoms with van der Waals surface area (Å²) in [5.41, 5.74) is 0.806. The first-order valence-corrected chi connectivity index (χ1v) is 8.51. The van der Waals surface area contributed by atoms with Crippen LogP contribution >= 0.6 is 27.3 Å². The minimum absolute atomic E-state index is 0.105. The predicted octanol–water partition coefficient (Wildman–Crippen LogP) is 4.98. The van der Waals surface area contributed by atoms with Gasteiger partial charge < -0.3 is 5.32 Å². The summed E-state index contributed by atoms with van der Waals surface area (Å²) in [7, 11) is 0. The summed E-state index contributed by atoms with van der Waals surface area (Å²) in [5.74, 6) is 0.0692. The number of benzene rings is 1. The molecule has 0 bridgehead atoms. The van der Waals surface area contributed by atoms with Crippen molar-refractivity contribution in [2.24, 2.45) is 0 Å². The summed E-state index contributed by atoms with van der Waals surface area (Å²) in [6.45, 7) is 3.92. The lowest BCUT2D eigenvalue weighted by atomic mass is 9.94. The van der Waals surface area contributed by atoms with Crippen LogP contribution in [-0.4, -0.2) is 13.1 Å². The highest BCUT2D eigenvalue weighted by Gasteiger charge is 2.16. The van der Waals surface area contributed by atoms with Gasteiger partial charge in [0.2, 0.25) is 0 Å². The van der Waals surface area contributed by atoms with Crippen LogP contribution in [0.4, 0.5) is 4.39 Å². The Bertz CT molecular complexity index is 541. The van der Waals surface area contributed by atoms with Crippen molar-refractivity contribution in [3.8, 4) is 0 Å². The third-order valence-electron chi connectivity index (χ3n) is 3.24. The van der Waals surface area contributed by atoms with E-state index in [1.54, 1.807) is 23.5 Å². The number of rotatable bonds is 7. The summed E-state index contributed by atoms with van der Waals surface area (Å²) in [4.78, 5) is 1.28. The zero-order chi connectivity index (χ0) is 14.4. The van der Waals surface area contributed by atoms with Crippen LogP contribution in [0, 0.1) is 5.82 Å². The summed E-state index contributed by atoms with van der Waals surface area (Å²) in [6.07, 6.45) is 1.96. The largest absolute Gasteiger partial charge is 0.316 e. The molecule has 0 amide bonds. The van der Waals surface area contributed by atoms with E-state index in [0.29, 0.717) is 0 Å². The fourth-order valence-electron chi connectivity index (χ4n) is 2.26. The number of hydrogen-bond acceptors (Lipinski definition) is 2. The molecule has 1 heterocycles. The normalized spacial score (nSPS) is 12.6. The molecule has 2 aromatic rings. The maximum atomic E-state index is 14.0. The third-order valence-corrected chi connectivity index (χ3v) is 4.88. The van der Waals surface area contributed by atoms with Gasteiger partial charge in [-0.05, 0) is 59.1 Å². The van der Waals surface area contributed by atoms with Gasteiger partial charge in [0, 0.05) is 17.3 Å². The molecular weight excluding hydrogens is 337 g/mol. The third kappa shape index (κ3) is 4.40. The van der Waals surface area contributed by atoms with E-state index < -0.39 is 0 Å². The van der Waals surface area contributed by atoms with E-state index in [2.05, 4.69) is 40.3 Å². The Kier molecular flexibility index (Phi) is 6.20. The van der Waals surface area contributed by atoms with Crippen LogP contribution < -0.4 is 5.32 Å². The Morgan fingerprint density at radius 3 is 2.70 bits per heavy atom. The van der Waals surface area contributed by atoms with Gasteiger partial charge in [-0.1, -0.05) is 25.1 Å². The number of hydrogen-bond donors (Lipinski definition) is 1. The van der Waals surface area contributed by atoms with Gasteiger partial charge in [-0.15, -0.1) is 11.3 Å². The average molecular weight is 356 g/mol. The molecule has 108 valence electrons. The molecule has 1 atom stereocenters. The first kappa shape index (κ1) is 15.7. The Labute approximate surface area is 132 Å². The zero-order valence-corrected chi connectivity index (χ0v) is 13.9. The number of thiophene rings is 1. The van der Waals surface area contributed by atoms with E-state index >= 15 is 0 Å². The Hall–Kier alpha value is -0.710. The maximum Gasteiger partial charge on any atom is 0.126 e. The van der Waals surface area contributed by atoms with Gasteiger partial charge in [0.05, 0.1) is 3.79 Å². The van der Waals surface area contributed by atoms with Gasteiger partial charge in [-0.3, -0.25) is 0 Å². The molecule has 0 radical (unpaired) electrons. The van der Waals surface area contributed by atoms with E-state index in [9.17, 15) is 4.39 Å². The topological polar surface area (TPSA) is 12.0 Å². The van der Waals surface area contributed by atoms with E-state index in [4.69, 9.17) is 0 Å². The summed E-state index contributed by atoms with van der Waals surface area (Å²) in [5, 5.41) is 3.41. The van der Waals surface area contributed by atoms with Crippen molar-refractivity contribution in [2.75, 3.05) is 13.1 Å². The molecule has 0 aliphatic rings. The Morgan fingerprint density at radius 1 is 1.25 bits per heavy atom. The van der Waals surface area contributed by atoms with Crippen LogP contribution in [0.25, 0.3) is 0 Å². The number of nitrogens with one attached hydrogen (secondary N) is 1. The first-order chi connectivity index (χ1) is 9.70. The standard InChI is InChI=1S/C16H19BrFNS/c1-2-9-19-11-12(10-13-7-8-16(17)20-13)14-5-3-4-6-15(14)18/h3-8,12,19H,2,9-11H2,1H3. The van der Waals surface area contributed by atoms with Gasteiger partial charge in [-0.2, -0.15) is 0 Å². The fraction of sp³-hybridized carbons (Fsp3) is 0.375. The van der Waals surface area contributed by atoms with Gasteiger partial charge in [0.1, 0.15) is 5.82 Å². The van der Waals surface area contributed by atoms with E-state index in [1.807, 2.05) is 12.1 Å². The molecule has 0 saturated heterocycles. The number of halogens is 2. The molecule has 2 rings (SSSR count). The van der Waals surface area contributed by atoms with Gasteiger partial charge in [0.25, 0.3) is 0 Å². The lowest BCUT2D eigenvalue weighted by Gasteiger charge is -2.18. The summed E-state index contributed by atoms with van der Waals surface area (Å²) < 4.78 is 15.1. The summed E-state index contributed by atoms with van der Waals surface area (Å²) in [6, 6.07) is 11.3. The molecule has 1 aromatic carbocycles. The SMILES string of the molecule is CCCNCC(Cc1ccc(Br)s1)c1ccccc1F. The van der Waals surface area contributed by atoms with E-state index in [-0.39, 0.29) is 11.7 Å². The van der Waals surface area contributed by atoms with E-state index in [0.717, 1.165) is 35.3 Å². The van der Waals surface area contributed by atoms with Gasteiger partial charge >= 0.3 is 0 Å². The lowest BCUT2D eigenvalue weighted by molar-refractivity contribution is 0.538. The molecule has 1 unspecified atom stereocenters. The smallest absolute Gasteiger partial charge is 0.126 e. The molecule has 0 saturated carbocycles. The van der Waals surface area contributed by atoms with Crippen molar-refractivity contribution < 1.29 is 4.39 Å². The molecule has 0 spiro atoms. The van der Waals surface area contributed by atoms with Crippen LogP contribution in [0.3, 0.4) is 0 Å². The van der Waals surface area contributed by atoms with Crippen LogP contribution in [-0.2, 0) is 6.42 Å². The van der Waals surface area contributed by atoms with E-state index in [1.165, 1.54) is 4.88 Å². The molecular formula is C16H19BrFNS. The summed E-state index contributed by atoms with van der Waals surface area (Å²) >= 11 is 5.21. The predicted molar refractivity (Wildman–Crippen MR) is 88.0 cm³/mol. The highest BCUT2D eigenvalue weighted by Crippen LogP contribution is 2.29. The van der Waals surface area contributed by atoms with Crippen LogP contribution in [0.15, 0.2) is 40.2 Å². The van der Waals surface area contributed by atoms with Crippen molar-refractivity contribution >= 4 is 27.3 Å². The van der Waals surface area contributed by atoms with Crippen molar-refractivity contribution in [1.82, 2.24) is 5.32 Å². The average Bonchev–Trinajstić information content (AvgIpc) is 2.84. The second-order valence-electron chi connectivity index (χ2n) is 4.83. The zero-order valence-electron chi connectivity index (χ0n) is 11.5. The minimum Gasteiger partial charge on any atom is -0.316 e. The second-order valence-corrected chi connectivity index (χ2v) is 7.38. The molecule has 0 aliphatic heterocycles. The van der Waals surface area contributed by atoms with Crippen LogP contribution in [0.1, 0.15) is 29.7 Å². The second kappa shape index (κ2) is 7.91. The Morgan fingerprint density at radius 2 is 2.05 bits per heavy atom. The van der Waals surface area contributed by atoms with Gasteiger partial charge in [-0.25, -0.2) is 4.39 Å². The lowest BCUT2D eigenvalue weighted by Crippen LogP contribution is -2.24. The minimum atomic E-state index is -0.105. The molecule has 20 heavy (non-hydrogen) atoms. The monoisotopic (exact) mass is 355 g/mol. The maximum absolute atomic E-state index is 14.0. The molecule has 1 N–H and O–H groups in total. The molecule has 1 nitrogen and oxygen atoms in total. The highest BCUT2D eigenvalue weighted by atomic mass is 79.9. The van der Waals surface area contributed by atoms with Crippen molar-refractivity contribution in [2.45, 2.75) is 25.7 Å².